The van der Waals surface area contributed by atoms with E-state index in [0.717, 1.165) is 38.3 Å². The molecule has 0 aliphatic carbocycles. The van der Waals surface area contributed by atoms with Gasteiger partial charge in [-0.05, 0) is 12.1 Å². The van der Waals surface area contributed by atoms with Gasteiger partial charge in [0.1, 0.15) is 5.82 Å². The number of nitrogens with zero attached hydrogens (tertiary/aromatic N) is 3. The predicted molar refractivity (Wildman–Crippen MR) is 68.4 cm³/mol. The van der Waals surface area contributed by atoms with E-state index in [2.05, 4.69) is 15.2 Å². The highest BCUT2D eigenvalue weighted by Crippen LogP contribution is 2.16. The van der Waals surface area contributed by atoms with Crippen LogP contribution in [0.4, 0.5) is 11.5 Å². The molecule has 1 saturated heterocycles. The molecule has 1 N–H and O–H groups in total. The van der Waals surface area contributed by atoms with E-state index in [0.29, 0.717) is 5.82 Å². The minimum Gasteiger partial charge on any atom is -0.367 e. The lowest BCUT2D eigenvalue weighted by Gasteiger charge is -2.33. The molecular weight excluding hydrogens is 232 g/mol. The lowest BCUT2D eigenvalue weighted by Crippen LogP contribution is -2.45. The number of piperazine rings is 1. The zero-order chi connectivity index (χ0) is 13.0. The lowest BCUT2D eigenvalue weighted by molar-refractivity contribution is -0.118. The van der Waals surface area contributed by atoms with E-state index in [-0.39, 0.29) is 5.91 Å². The first-order valence-electron chi connectivity index (χ1n) is 5.87. The van der Waals surface area contributed by atoms with Gasteiger partial charge in [0.05, 0.1) is 11.9 Å². The maximum atomic E-state index is 10.9. The maximum absolute atomic E-state index is 10.9. The Morgan fingerprint density at radius 2 is 2.06 bits per heavy atom. The van der Waals surface area contributed by atoms with Crippen molar-refractivity contribution in [1.29, 1.82) is 0 Å². The first-order chi connectivity index (χ1) is 8.69. The molecule has 1 aliphatic heterocycles. The summed E-state index contributed by atoms with van der Waals surface area (Å²) < 4.78 is 0. The Balaban J connectivity index is 1.97. The van der Waals surface area contributed by atoms with Crippen LogP contribution >= 0.6 is 0 Å². The summed E-state index contributed by atoms with van der Waals surface area (Å²) in [5.74, 6) is 0.424. The highest BCUT2D eigenvalue weighted by Gasteiger charge is 2.15. The maximum Gasteiger partial charge on any atom is 0.222 e. The Morgan fingerprint density at radius 3 is 2.56 bits per heavy atom. The number of aromatic nitrogens is 1. The van der Waals surface area contributed by atoms with Crippen LogP contribution in [-0.4, -0.2) is 48.4 Å². The molecule has 0 aromatic carbocycles. The van der Waals surface area contributed by atoms with Crippen molar-refractivity contribution < 1.29 is 9.59 Å². The molecule has 2 heterocycles. The molecule has 6 heteroatoms. The van der Waals surface area contributed by atoms with Gasteiger partial charge in [0, 0.05) is 33.1 Å². The number of nitrogens with one attached hydrogen (secondary N) is 1. The minimum absolute atomic E-state index is 0.130. The van der Waals surface area contributed by atoms with Gasteiger partial charge in [-0.1, -0.05) is 0 Å². The normalized spacial score (nSPS) is 15.4. The highest BCUT2D eigenvalue weighted by molar-refractivity contribution is 5.87. The van der Waals surface area contributed by atoms with Crippen LogP contribution in [0.25, 0.3) is 0 Å². The van der Waals surface area contributed by atoms with Crippen LogP contribution in [0, 0.1) is 0 Å². The smallest absolute Gasteiger partial charge is 0.222 e. The Kier molecular flexibility index (Phi) is 3.76. The predicted octanol–water partition coefficient (Wildman–Crippen LogP) is 0.318. The topological polar surface area (TPSA) is 65.5 Å². The van der Waals surface area contributed by atoms with Gasteiger partial charge in [-0.25, -0.2) is 4.98 Å². The second-order valence-electron chi connectivity index (χ2n) is 4.21. The van der Waals surface area contributed by atoms with Crippen molar-refractivity contribution in [2.45, 2.75) is 6.92 Å². The summed E-state index contributed by atoms with van der Waals surface area (Å²) in [5, 5.41) is 2.63. The molecule has 0 atom stereocenters. The third kappa shape index (κ3) is 2.97. The first kappa shape index (κ1) is 12.3. The number of hydrogen-bond acceptors (Lipinski definition) is 4. The van der Waals surface area contributed by atoms with Gasteiger partial charge in [-0.3, -0.25) is 9.59 Å². The van der Waals surface area contributed by atoms with E-state index in [1.807, 2.05) is 6.07 Å². The van der Waals surface area contributed by atoms with E-state index in [1.54, 1.807) is 17.2 Å². The molecule has 0 bridgehead atoms. The van der Waals surface area contributed by atoms with Crippen LogP contribution in [0.3, 0.4) is 0 Å². The zero-order valence-electron chi connectivity index (χ0n) is 10.3. The summed E-state index contributed by atoms with van der Waals surface area (Å²) >= 11 is 0. The van der Waals surface area contributed by atoms with Crippen LogP contribution in [-0.2, 0) is 9.59 Å². The summed E-state index contributed by atoms with van der Waals surface area (Å²) in [6.45, 7) is 4.53. The molecule has 0 radical (unpaired) electrons. The molecule has 1 aromatic heterocycles. The molecule has 6 nitrogen and oxygen atoms in total. The standard InChI is InChI=1S/C12H16N4O2/c1-10(18)14-12-3-2-11(8-13-12)16-6-4-15(9-17)5-7-16/h2-3,8-9H,4-7H2,1H3,(H,13,14,18). The largest absolute Gasteiger partial charge is 0.367 e. The molecule has 0 saturated carbocycles. The summed E-state index contributed by atoms with van der Waals surface area (Å²) in [5.41, 5.74) is 1.01. The van der Waals surface area contributed by atoms with Crippen molar-refractivity contribution in [3.05, 3.63) is 18.3 Å². The number of rotatable bonds is 3. The van der Waals surface area contributed by atoms with Gasteiger partial charge in [-0.15, -0.1) is 0 Å². The second-order valence-corrected chi connectivity index (χ2v) is 4.21. The van der Waals surface area contributed by atoms with Crippen molar-refractivity contribution in [3.63, 3.8) is 0 Å². The molecule has 0 unspecified atom stereocenters. The molecule has 2 rings (SSSR count). The number of pyridine rings is 1. The fourth-order valence-corrected chi connectivity index (χ4v) is 1.91. The van der Waals surface area contributed by atoms with Crippen LogP contribution in [0.1, 0.15) is 6.92 Å². The Labute approximate surface area is 106 Å². The molecule has 0 spiro atoms. The van der Waals surface area contributed by atoms with Gasteiger partial charge < -0.3 is 15.1 Å². The SMILES string of the molecule is CC(=O)Nc1ccc(N2CCN(C=O)CC2)cn1. The van der Waals surface area contributed by atoms with Crippen molar-refractivity contribution in [2.24, 2.45) is 0 Å². The van der Waals surface area contributed by atoms with Gasteiger partial charge in [0.15, 0.2) is 0 Å². The molecule has 2 amide bonds. The number of amides is 2. The van der Waals surface area contributed by atoms with Gasteiger partial charge in [0.25, 0.3) is 0 Å². The van der Waals surface area contributed by atoms with Gasteiger partial charge in [-0.2, -0.15) is 0 Å². The number of anilines is 2. The average Bonchev–Trinajstić information content (AvgIpc) is 2.39. The average molecular weight is 248 g/mol. The molecule has 1 fully saturated rings. The van der Waals surface area contributed by atoms with Gasteiger partial charge >= 0.3 is 0 Å². The van der Waals surface area contributed by atoms with E-state index in [9.17, 15) is 9.59 Å². The summed E-state index contributed by atoms with van der Waals surface area (Å²) in [6, 6.07) is 3.71. The highest BCUT2D eigenvalue weighted by atomic mass is 16.1. The zero-order valence-corrected chi connectivity index (χ0v) is 10.3. The van der Waals surface area contributed by atoms with Crippen LogP contribution in [0.2, 0.25) is 0 Å². The van der Waals surface area contributed by atoms with Crippen LogP contribution < -0.4 is 10.2 Å². The van der Waals surface area contributed by atoms with E-state index >= 15 is 0 Å². The molecule has 1 aromatic rings. The lowest BCUT2D eigenvalue weighted by atomic mass is 10.3. The number of carbonyl (C=O) groups is 2. The Hall–Kier alpha value is -2.11. The quantitative estimate of drug-likeness (QED) is 0.782. The Morgan fingerprint density at radius 1 is 1.33 bits per heavy atom. The monoisotopic (exact) mass is 248 g/mol. The van der Waals surface area contributed by atoms with Crippen molar-refractivity contribution in [3.8, 4) is 0 Å². The fraction of sp³-hybridized carbons (Fsp3) is 0.417. The second kappa shape index (κ2) is 5.48. The van der Waals surface area contributed by atoms with Crippen LogP contribution in [0.15, 0.2) is 18.3 Å². The number of carbonyl (C=O) groups excluding carboxylic acids is 2. The third-order valence-corrected chi connectivity index (χ3v) is 2.88. The van der Waals surface area contributed by atoms with Crippen LogP contribution in [0.5, 0.6) is 0 Å². The first-order valence-corrected chi connectivity index (χ1v) is 5.87. The molecule has 18 heavy (non-hydrogen) atoms. The van der Waals surface area contributed by atoms with Gasteiger partial charge in [0.2, 0.25) is 12.3 Å². The van der Waals surface area contributed by atoms with Crippen molar-refractivity contribution >= 4 is 23.8 Å². The summed E-state index contributed by atoms with van der Waals surface area (Å²) in [6.07, 6.45) is 2.62. The minimum atomic E-state index is -0.130. The summed E-state index contributed by atoms with van der Waals surface area (Å²) in [7, 11) is 0. The van der Waals surface area contributed by atoms with Crippen molar-refractivity contribution in [2.75, 3.05) is 36.4 Å². The fourth-order valence-electron chi connectivity index (χ4n) is 1.91. The van der Waals surface area contributed by atoms with E-state index in [1.165, 1.54) is 6.92 Å². The number of hydrogen-bond donors (Lipinski definition) is 1. The third-order valence-electron chi connectivity index (χ3n) is 2.88. The Bertz CT molecular complexity index is 424. The summed E-state index contributed by atoms with van der Waals surface area (Å²) in [4.78, 5) is 29.6. The van der Waals surface area contributed by atoms with E-state index < -0.39 is 0 Å². The molecule has 1 aliphatic rings. The van der Waals surface area contributed by atoms with Crippen molar-refractivity contribution in [1.82, 2.24) is 9.88 Å². The van der Waals surface area contributed by atoms with E-state index in [4.69, 9.17) is 0 Å². The molecular formula is C12H16N4O2. The molecule has 96 valence electrons.